The van der Waals surface area contributed by atoms with Gasteiger partial charge >= 0.3 is 0 Å². The van der Waals surface area contributed by atoms with E-state index < -0.39 is 95.8 Å². The fourth-order valence-electron chi connectivity index (χ4n) is 6.37. The number of nitrogens with two attached hydrogens (primary N) is 1. The molecular formula is C32H37N3O12. The molecule has 0 bridgehead atoms. The highest BCUT2D eigenvalue weighted by Crippen LogP contribution is 2.52. The van der Waals surface area contributed by atoms with Crippen molar-refractivity contribution in [1.82, 2.24) is 5.43 Å². The van der Waals surface area contributed by atoms with Crippen LogP contribution in [-0.2, 0) is 25.5 Å². The van der Waals surface area contributed by atoms with E-state index in [0.717, 1.165) is 0 Å². The second-order valence-corrected chi connectivity index (χ2v) is 12.0. The van der Waals surface area contributed by atoms with Gasteiger partial charge in [-0.25, -0.2) is 5.43 Å². The Labute approximate surface area is 268 Å². The number of rotatable bonds is 9. The summed E-state index contributed by atoms with van der Waals surface area (Å²) >= 11 is 0. The summed E-state index contributed by atoms with van der Waals surface area (Å²) in [5.41, 5.74) is 4.33. The van der Waals surface area contributed by atoms with E-state index in [1.807, 2.05) is 0 Å². The molecule has 8 N–H and O–H groups in total. The van der Waals surface area contributed by atoms with E-state index >= 15 is 0 Å². The minimum absolute atomic E-state index is 0.0113. The Morgan fingerprint density at radius 1 is 1.13 bits per heavy atom. The zero-order valence-electron chi connectivity index (χ0n) is 26.0. The van der Waals surface area contributed by atoms with Crippen LogP contribution in [0.25, 0.3) is 0 Å². The number of aliphatic hydroxyl groups is 3. The molecule has 2 aliphatic carbocycles. The predicted octanol–water partition coefficient (Wildman–Crippen LogP) is 0.274. The summed E-state index contributed by atoms with van der Waals surface area (Å²) in [4.78, 5) is 51.2. The van der Waals surface area contributed by atoms with Crippen LogP contribution in [0.5, 0.6) is 17.2 Å². The molecule has 1 amide bonds. The van der Waals surface area contributed by atoms with Crippen molar-refractivity contribution in [3.05, 3.63) is 51.6 Å². The van der Waals surface area contributed by atoms with E-state index in [4.69, 9.17) is 19.9 Å². The van der Waals surface area contributed by atoms with Crippen LogP contribution in [0, 0.1) is 0 Å². The molecule has 5 rings (SSSR count). The highest BCUT2D eigenvalue weighted by atomic mass is 16.7. The van der Waals surface area contributed by atoms with Crippen molar-refractivity contribution < 1.29 is 58.9 Å². The van der Waals surface area contributed by atoms with Gasteiger partial charge < -0.3 is 50.3 Å². The first-order chi connectivity index (χ1) is 22.2. The molecule has 0 saturated carbocycles. The van der Waals surface area contributed by atoms with E-state index in [1.165, 1.54) is 32.2 Å². The number of carbonyl (C=O) groups is 4. The Kier molecular flexibility index (Phi) is 9.50. The molecule has 252 valence electrons. The standard InChI is InChI=1S/C32H37N3O12/c1-13(37)7-8-21(38)35-34-20(12-36)32(44)10-16-24(19(11-32)47-22-9-17(33)27(39)14(2)46-22)31(43)26-25(29(16)41)28(40)15-5-4-6-18(45-3)23(15)30(26)42/h4-6,14,17,19,22,27,36,39,41,43-44H,7-12,33H2,1-3H3,(H,35,38)/b34-20-. The van der Waals surface area contributed by atoms with E-state index in [1.54, 1.807) is 6.92 Å². The number of nitrogens with zero attached hydrogens (tertiary/aromatic N) is 1. The number of hydrogen-bond donors (Lipinski definition) is 7. The number of nitrogens with one attached hydrogen (secondary N) is 1. The number of aromatic hydroxyl groups is 2. The molecule has 0 spiro atoms. The number of amides is 1. The number of methoxy groups -OCH3 is 1. The van der Waals surface area contributed by atoms with Crippen molar-refractivity contribution >= 4 is 29.0 Å². The summed E-state index contributed by atoms with van der Waals surface area (Å²) in [6, 6.07) is 3.58. The van der Waals surface area contributed by atoms with Gasteiger partial charge in [0.1, 0.15) is 28.6 Å². The lowest BCUT2D eigenvalue weighted by Gasteiger charge is -2.43. The Bertz CT molecular complexity index is 1660. The van der Waals surface area contributed by atoms with Gasteiger partial charge in [0.05, 0.1) is 54.4 Å². The van der Waals surface area contributed by atoms with Gasteiger partial charge in [-0.05, 0) is 19.9 Å². The maximum atomic E-state index is 13.9. The van der Waals surface area contributed by atoms with E-state index in [9.17, 15) is 44.7 Å². The predicted molar refractivity (Wildman–Crippen MR) is 162 cm³/mol. The van der Waals surface area contributed by atoms with E-state index in [-0.39, 0.29) is 58.8 Å². The smallest absolute Gasteiger partial charge is 0.240 e. The number of ether oxygens (including phenoxy) is 3. The largest absolute Gasteiger partial charge is 0.507 e. The van der Waals surface area contributed by atoms with Gasteiger partial charge in [0.2, 0.25) is 11.7 Å². The minimum Gasteiger partial charge on any atom is -0.507 e. The molecule has 1 saturated heterocycles. The summed E-state index contributed by atoms with van der Waals surface area (Å²) in [6.07, 6.45) is -5.48. The van der Waals surface area contributed by atoms with Crippen molar-refractivity contribution in [3.8, 4) is 17.2 Å². The molecule has 1 aliphatic heterocycles. The number of ketones is 3. The topological polar surface area (TPSA) is 248 Å². The van der Waals surface area contributed by atoms with Crippen LogP contribution in [0.15, 0.2) is 23.3 Å². The molecule has 6 unspecified atom stereocenters. The minimum atomic E-state index is -2.15. The molecule has 1 heterocycles. The van der Waals surface area contributed by atoms with E-state index in [2.05, 4.69) is 10.5 Å². The normalized spacial score (nSPS) is 27.0. The summed E-state index contributed by atoms with van der Waals surface area (Å²) in [6.45, 7) is 2.02. The molecule has 2 aromatic carbocycles. The third-order valence-electron chi connectivity index (χ3n) is 8.85. The zero-order chi connectivity index (χ0) is 34.4. The number of carbonyl (C=O) groups excluding carboxylic acids is 4. The fraction of sp³-hybridized carbons (Fsp3) is 0.469. The van der Waals surface area contributed by atoms with Crippen LogP contribution in [0.4, 0.5) is 0 Å². The maximum Gasteiger partial charge on any atom is 0.240 e. The highest BCUT2D eigenvalue weighted by Gasteiger charge is 2.49. The second kappa shape index (κ2) is 13.1. The number of aliphatic hydroxyl groups excluding tert-OH is 2. The van der Waals surface area contributed by atoms with Gasteiger partial charge in [-0.3, -0.25) is 14.4 Å². The SMILES string of the molecule is COc1cccc2c1C(=O)c1c(O)c3c(c(O)c1C2=O)CC(O)(/C(CO)=N\NC(=O)CCC(C)=O)CC3OC1CC(N)C(O)C(C)O1. The fourth-order valence-corrected chi connectivity index (χ4v) is 6.37. The number of phenols is 2. The first-order valence-corrected chi connectivity index (χ1v) is 15.0. The van der Waals surface area contributed by atoms with Crippen LogP contribution in [-0.4, -0.2) is 98.4 Å². The first kappa shape index (κ1) is 34.1. The molecular weight excluding hydrogens is 618 g/mol. The first-order valence-electron chi connectivity index (χ1n) is 15.0. The van der Waals surface area contributed by atoms with Crippen molar-refractivity contribution in [2.45, 2.75) is 82.2 Å². The molecule has 15 nitrogen and oxygen atoms in total. The van der Waals surface area contributed by atoms with Crippen LogP contribution in [0.1, 0.15) is 88.6 Å². The third kappa shape index (κ3) is 6.13. The summed E-state index contributed by atoms with van der Waals surface area (Å²) in [7, 11) is 1.32. The van der Waals surface area contributed by atoms with Crippen molar-refractivity contribution in [3.63, 3.8) is 0 Å². The number of fused-ring (bicyclic) bond motifs is 3. The van der Waals surface area contributed by atoms with Crippen LogP contribution >= 0.6 is 0 Å². The van der Waals surface area contributed by atoms with Crippen molar-refractivity contribution in [2.75, 3.05) is 13.7 Å². The summed E-state index contributed by atoms with van der Waals surface area (Å²) in [5.74, 6) is -3.77. The maximum absolute atomic E-state index is 13.9. The molecule has 15 heteroatoms. The molecule has 0 radical (unpaired) electrons. The van der Waals surface area contributed by atoms with Gasteiger partial charge in [-0.15, -0.1) is 0 Å². The molecule has 6 atom stereocenters. The van der Waals surface area contributed by atoms with Gasteiger partial charge in [-0.1, -0.05) is 12.1 Å². The van der Waals surface area contributed by atoms with Crippen LogP contribution < -0.4 is 15.9 Å². The summed E-state index contributed by atoms with van der Waals surface area (Å²) in [5, 5.41) is 59.8. The molecule has 1 fully saturated rings. The van der Waals surface area contributed by atoms with Crippen molar-refractivity contribution in [2.24, 2.45) is 10.8 Å². The monoisotopic (exact) mass is 655 g/mol. The number of benzene rings is 2. The lowest BCUT2D eigenvalue weighted by molar-refractivity contribution is -0.245. The Hall–Kier alpha value is -4.25. The number of hydrazone groups is 1. The Balaban J connectivity index is 1.63. The average Bonchev–Trinajstić information content (AvgIpc) is 3.02. The lowest BCUT2D eigenvalue weighted by Crippen LogP contribution is -2.53. The van der Waals surface area contributed by atoms with E-state index in [0.29, 0.717) is 0 Å². The van der Waals surface area contributed by atoms with Crippen LogP contribution in [0.3, 0.4) is 0 Å². The number of hydrogen-bond acceptors (Lipinski definition) is 14. The van der Waals surface area contributed by atoms with Gasteiger partial charge in [0.15, 0.2) is 12.1 Å². The van der Waals surface area contributed by atoms with Gasteiger partial charge in [0, 0.05) is 54.8 Å². The molecule has 47 heavy (non-hydrogen) atoms. The van der Waals surface area contributed by atoms with Gasteiger partial charge in [-0.2, -0.15) is 5.10 Å². The number of phenolic OH excluding ortho intramolecular Hbond substituents is 2. The van der Waals surface area contributed by atoms with Crippen LogP contribution in [0.2, 0.25) is 0 Å². The average molecular weight is 656 g/mol. The quantitative estimate of drug-likeness (QED) is 0.0931. The van der Waals surface area contributed by atoms with Crippen molar-refractivity contribution in [1.29, 1.82) is 0 Å². The second-order valence-electron chi connectivity index (χ2n) is 12.0. The molecule has 2 aromatic rings. The molecule has 3 aliphatic rings. The summed E-state index contributed by atoms with van der Waals surface area (Å²) < 4.78 is 17.3. The Morgan fingerprint density at radius 3 is 2.47 bits per heavy atom. The molecule has 0 aromatic heterocycles. The Morgan fingerprint density at radius 2 is 1.83 bits per heavy atom. The number of Topliss-reactive ketones (excluding diaryl/α,β-unsaturated/α-hetero) is 1. The van der Waals surface area contributed by atoms with Gasteiger partial charge in [0.25, 0.3) is 0 Å². The highest BCUT2D eigenvalue weighted by molar-refractivity contribution is 6.31. The lowest BCUT2D eigenvalue weighted by atomic mass is 9.71. The zero-order valence-corrected chi connectivity index (χ0v) is 26.0. The third-order valence-corrected chi connectivity index (χ3v) is 8.85.